The Kier molecular flexibility index (Phi) is 3.10. The van der Waals surface area contributed by atoms with Crippen LogP contribution in [-0.2, 0) is 4.79 Å². The molecule has 3 atom stereocenters. The van der Waals surface area contributed by atoms with Crippen LogP contribution in [0.3, 0.4) is 0 Å². The summed E-state index contributed by atoms with van der Waals surface area (Å²) in [4.78, 5) is 13.5. The number of aryl methyl sites for hydroxylation is 1. The molecule has 4 heteroatoms. The summed E-state index contributed by atoms with van der Waals surface area (Å²) in [6.07, 6.45) is 4.78. The van der Waals surface area contributed by atoms with Crippen LogP contribution < -0.4 is 5.32 Å². The molecular formula is C15H18N2OS. The predicted molar refractivity (Wildman–Crippen MR) is 76.1 cm³/mol. The SMILES string of the molecule is Cc1sc(NC(=O)[C@@H]2C[C@@H]3CC[C@@H]2C3)c(C#N)c1C. The monoisotopic (exact) mass is 274 g/mol. The molecule has 2 bridgehead atoms. The van der Waals surface area contributed by atoms with E-state index in [1.54, 1.807) is 0 Å². The second kappa shape index (κ2) is 4.64. The van der Waals surface area contributed by atoms with E-state index in [9.17, 15) is 10.1 Å². The molecule has 3 nitrogen and oxygen atoms in total. The minimum absolute atomic E-state index is 0.130. The highest BCUT2D eigenvalue weighted by Crippen LogP contribution is 2.48. The molecule has 0 spiro atoms. The van der Waals surface area contributed by atoms with Crippen molar-refractivity contribution < 1.29 is 4.79 Å². The van der Waals surface area contributed by atoms with Gasteiger partial charge in [0.1, 0.15) is 11.1 Å². The number of thiophene rings is 1. The standard InChI is InChI=1S/C15H18N2OS/c1-8-9(2)19-15(13(8)7-16)17-14(18)12-6-10-3-4-11(12)5-10/h10-12H,3-6H2,1-2H3,(H,17,18)/t10-,11-,12-/m1/s1. The first kappa shape index (κ1) is 12.7. The Morgan fingerprint density at radius 2 is 2.16 bits per heavy atom. The highest BCUT2D eigenvalue weighted by atomic mass is 32.1. The minimum Gasteiger partial charge on any atom is -0.316 e. The molecule has 1 aromatic rings. The summed E-state index contributed by atoms with van der Waals surface area (Å²) < 4.78 is 0. The molecule has 1 N–H and O–H groups in total. The van der Waals surface area contributed by atoms with Gasteiger partial charge in [-0.05, 0) is 50.5 Å². The number of carbonyl (C=O) groups is 1. The van der Waals surface area contributed by atoms with Crippen molar-refractivity contribution in [2.24, 2.45) is 17.8 Å². The van der Waals surface area contributed by atoms with Crippen molar-refractivity contribution in [2.75, 3.05) is 5.32 Å². The summed E-state index contributed by atoms with van der Waals surface area (Å²) in [5.41, 5.74) is 1.63. The van der Waals surface area contributed by atoms with Gasteiger partial charge in [0.15, 0.2) is 0 Å². The van der Waals surface area contributed by atoms with Gasteiger partial charge in [0, 0.05) is 10.8 Å². The van der Waals surface area contributed by atoms with Crippen LogP contribution in [0.15, 0.2) is 0 Å². The molecule has 0 saturated heterocycles. The number of hydrogen-bond donors (Lipinski definition) is 1. The van der Waals surface area contributed by atoms with Crippen LogP contribution in [0.4, 0.5) is 5.00 Å². The highest BCUT2D eigenvalue weighted by molar-refractivity contribution is 7.16. The van der Waals surface area contributed by atoms with Crippen LogP contribution in [0.2, 0.25) is 0 Å². The molecule has 2 aliphatic rings. The summed E-state index contributed by atoms with van der Waals surface area (Å²) in [6, 6.07) is 2.21. The van der Waals surface area contributed by atoms with Crippen LogP contribution in [0.1, 0.15) is 41.7 Å². The molecule has 100 valence electrons. The number of nitrogens with zero attached hydrogens (tertiary/aromatic N) is 1. The number of carbonyl (C=O) groups excluding carboxylic acids is 1. The van der Waals surface area contributed by atoms with E-state index in [4.69, 9.17) is 0 Å². The maximum atomic E-state index is 12.4. The molecular weight excluding hydrogens is 256 g/mol. The van der Waals surface area contributed by atoms with Gasteiger partial charge in [0.2, 0.25) is 5.91 Å². The highest BCUT2D eigenvalue weighted by Gasteiger charge is 2.43. The molecule has 2 aliphatic carbocycles. The van der Waals surface area contributed by atoms with Gasteiger partial charge < -0.3 is 5.32 Å². The first-order valence-electron chi connectivity index (χ1n) is 6.91. The van der Waals surface area contributed by atoms with Crippen molar-refractivity contribution in [1.29, 1.82) is 5.26 Å². The molecule has 3 rings (SSSR count). The average molecular weight is 274 g/mol. The zero-order valence-corrected chi connectivity index (χ0v) is 12.1. The van der Waals surface area contributed by atoms with Gasteiger partial charge >= 0.3 is 0 Å². The number of nitrogens with one attached hydrogen (secondary N) is 1. The fourth-order valence-corrected chi connectivity index (χ4v) is 4.63. The van der Waals surface area contributed by atoms with E-state index in [1.807, 2.05) is 13.8 Å². The summed E-state index contributed by atoms with van der Waals surface area (Å²) >= 11 is 1.52. The van der Waals surface area contributed by atoms with Crippen molar-refractivity contribution in [1.82, 2.24) is 0 Å². The van der Waals surface area contributed by atoms with E-state index in [2.05, 4.69) is 11.4 Å². The van der Waals surface area contributed by atoms with Gasteiger partial charge in [-0.15, -0.1) is 11.3 Å². The number of amides is 1. The van der Waals surface area contributed by atoms with Crippen LogP contribution in [0.5, 0.6) is 0 Å². The van der Waals surface area contributed by atoms with Gasteiger partial charge in [-0.1, -0.05) is 6.42 Å². The second-order valence-corrected chi connectivity index (χ2v) is 7.09. The zero-order valence-electron chi connectivity index (χ0n) is 11.3. The molecule has 2 saturated carbocycles. The summed E-state index contributed by atoms with van der Waals surface area (Å²) in [7, 11) is 0. The molecule has 1 heterocycles. The fraction of sp³-hybridized carbons (Fsp3) is 0.600. The normalized spacial score (nSPS) is 28.4. The molecule has 0 aliphatic heterocycles. The number of fused-ring (bicyclic) bond motifs is 2. The first-order chi connectivity index (χ1) is 9.10. The van der Waals surface area contributed by atoms with E-state index in [0.29, 0.717) is 11.5 Å². The predicted octanol–water partition coefficient (Wildman–Crippen LogP) is 3.61. The lowest BCUT2D eigenvalue weighted by atomic mass is 9.88. The summed E-state index contributed by atoms with van der Waals surface area (Å²) in [5.74, 6) is 1.65. The number of nitriles is 1. The maximum Gasteiger partial charge on any atom is 0.228 e. The second-order valence-electron chi connectivity index (χ2n) is 5.87. The minimum atomic E-state index is 0.130. The third-order valence-corrected chi connectivity index (χ3v) is 5.93. The van der Waals surface area contributed by atoms with E-state index in [1.165, 1.54) is 30.6 Å². The molecule has 0 unspecified atom stereocenters. The first-order valence-corrected chi connectivity index (χ1v) is 7.72. The van der Waals surface area contributed by atoms with Crippen molar-refractivity contribution in [2.45, 2.75) is 39.5 Å². The van der Waals surface area contributed by atoms with Crippen molar-refractivity contribution in [3.63, 3.8) is 0 Å². The quantitative estimate of drug-likeness (QED) is 0.895. The Balaban J connectivity index is 1.77. The third kappa shape index (κ3) is 2.06. The lowest BCUT2D eigenvalue weighted by molar-refractivity contribution is -0.121. The number of anilines is 1. The molecule has 2 fully saturated rings. The van der Waals surface area contributed by atoms with Gasteiger partial charge in [-0.25, -0.2) is 0 Å². The fourth-order valence-electron chi connectivity index (χ4n) is 3.62. The Hall–Kier alpha value is -1.34. The van der Waals surface area contributed by atoms with E-state index < -0.39 is 0 Å². The van der Waals surface area contributed by atoms with Gasteiger partial charge in [0.05, 0.1) is 5.56 Å². The molecule has 19 heavy (non-hydrogen) atoms. The van der Waals surface area contributed by atoms with E-state index in [0.717, 1.165) is 27.8 Å². The van der Waals surface area contributed by atoms with Crippen molar-refractivity contribution in [3.05, 3.63) is 16.0 Å². The van der Waals surface area contributed by atoms with E-state index >= 15 is 0 Å². The van der Waals surface area contributed by atoms with E-state index in [-0.39, 0.29) is 11.8 Å². The number of hydrogen-bond acceptors (Lipinski definition) is 3. The topological polar surface area (TPSA) is 52.9 Å². The number of rotatable bonds is 2. The van der Waals surface area contributed by atoms with Crippen LogP contribution in [0.25, 0.3) is 0 Å². The Labute approximate surface area is 117 Å². The van der Waals surface area contributed by atoms with Gasteiger partial charge in [-0.3, -0.25) is 4.79 Å². The third-order valence-electron chi connectivity index (χ3n) is 4.81. The maximum absolute atomic E-state index is 12.4. The zero-order chi connectivity index (χ0) is 13.6. The molecule has 1 amide bonds. The smallest absolute Gasteiger partial charge is 0.228 e. The van der Waals surface area contributed by atoms with Crippen LogP contribution >= 0.6 is 11.3 Å². The summed E-state index contributed by atoms with van der Waals surface area (Å²) in [5, 5.41) is 12.9. The Morgan fingerprint density at radius 3 is 2.74 bits per heavy atom. The largest absolute Gasteiger partial charge is 0.316 e. The Bertz CT molecular complexity index is 569. The van der Waals surface area contributed by atoms with Gasteiger partial charge in [-0.2, -0.15) is 5.26 Å². The molecule has 0 aromatic carbocycles. The molecule has 0 radical (unpaired) electrons. The average Bonchev–Trinajstić information content (AvgIpc) is 3.06. The molecule has 1 aromatic heterocycles. The van der Waals surface area contributed by atoms with Crippen molar-refractivity contribution >= 4 is 22.2 Å². The van der Waals surface area contributed by atoms with Crippen LogP contribution in [0, 0.1) is 42.9 Å². The summed E-state index contributed by atoms with van der Waals surface area (Å²) in [6.45, 7) is 3.94. The van der Waals surface area contributed by atoms with Crippen molar-refractivity contribution in [3.8, 4) is 6.07 Å². The van der Waals surface area contributed by atoms with Gasteiger partial charge in [0.25, 0.3) is 0 Å². The lowest BCUT2D eigenvalue weighted by Gasteiger charge is -2.20. The van der Waals surface area contributed by atoms with Crippen LogP contribution in [-0.4, -0.2) is 5.91 Å². The Morgan fingerprint density at radius 1 is 1.37 bits per heavy atom. The lowest BCUT2D eigenvalue weighted by Crippen LogP contribution is -2.27.